The molecule has 0 heterocycles. The Morgan fingerprint density at radius 1 is 1.31 bits per heavy atom. The molecule has 0 aromatic carbocycles. The maximum atomic E-state index is 11.6. The highest BCUT2D eigenvalue weighted by Crippen LogP contribution is 2.18. The summed E-state index contributed by atoms with van der Waals surface area (Å²) in [5, 5.41) is 12.5. The van der Waals surface area contributed by atoms with E-state index < -0.39 is 0 Å². The lowest BCUT2D eigenvalue weighted by molar-refractivity contribution is -0.122. The van der Waals surface area contributed by atoms with Gasteiger partial charge < -0.3 is 16.2 Å². The number of aliphatic hydroxyl groups excluding tert-OH is 1. The van der Waals surface area contributed by atoms with E-state index in [0.717, 1.165) is 38.5 Å². The SMILES string of the molecule is NCCCCCC(=O)NC1CCCC(O)C1. The summed E-state index contributed by atoms with van der Waals surface area (Å²) >= 11 is 0. The molecular formula is C12H24N2O2. The molecule has 1 aliphatic carbocycles. The summed E-state index contributed by atoms with van der Waals surface area (Å²) < 4.78 is 0. The normalized spacial score (nSPS) is 25.4. The number of nitrogens with one attached hydrogen (secondary N) is 1. The molecule has 1 aliphatic rings. The molecule has 2 atom stereocenters. The number of aliphatic hydroxyl groups is 1. The minimum absolute atomic E-state index is 0.121. The molecule has 1 rings (SSSR count). The number of rotatable bonds is 6. The number of hydrogen-bond acceptors (Lipinski definition) is 3. The van der Waals surface area contributed by atoms with E-state index in [-0.39, 0.29) is 18.1 Å². The van der Waals surface area contributed by atoms with Gasteiger partial charge in [0.05, 0.1) is 6.10 Å². The second kappa shape index (κ2) is 7.63. The summed E-state index contributed by atoms with van der Waals surface area (Å²) in [4.78, 5) is 11.6. The Labute approximate surface area is 97.6 Å². The van der Waals surface area contributed by atoms with Gasteiger partial charge in [0, 0.05) is 12.5 Å². The van der Waals surface area contributed by atoms with E-state index in [9.17, 15) is 9.90 Å². The van der Waals surface area contributed by atoms with Gasteiger partial charge in [-0.1, -0.05) is 6.42 Å². The molecule has 16 heavy (non-hydrogen) atoms. The van der Waals surface area contributed by atoms with Gasteiger partial charge in [0.1, 0.15) is 0 Å². The van der Waals surface area contributed by atoms with Crippen LogP contribution < -0.4 is 11.1 Å². The van der Waals surface area contributed by atoms with Crippen LogP contribution in [0.2, 0.25) is 0 Å². The van der Waals surface area contributed by atoms with Gasteiger partial charge in [-0.25, -0.2) is 0 Å². The van der Waals surface area contributed by atoms with Crippen molar-refractivity contribution >= 4 is 5.91 Å². The van der Waals surface area contributed by atoms with E-state index in [0.29, 0.717) is 19.4 Å². The van der Waals surface area contributed by atoms with Crippen LogP contribution in [0.3, 0.4) is 0 Å². The molecular weight excluding hydrogens is 204 g/mol. The summed E-state index contributed by atoms with van der Waals surface area (Å²) in [6.07, 6.45) is 6.91. The van der Waals surface area contributed by atoms with Crippen molar-refractivity contribution in [1.82, 2.24) is 5.32 Å². The van der Waals surface area contributed by atoms with Gasteiger partial charge in [-0.15, -0.1) is 0 Å². The molecule has 1 saturated carbocycles. The Balaban J connectivity index is 2.08. The maximum absolute atomic E-state index is 11.6. The average molecular weight is 228 g/mol. The van der Waals surface area contributed by atoms with Crippen LogP contribution in [-0.4, -0.2) is 29.7 Å². The standard InChI is InChI=1S/C12H24N2O2/c13-8-3-1-2-7-12(16)14-10-5-4-6-11(15)9-10/h10-11,15H,1-9,13H2,(H,14,16). The highest BCUT2D eigenvalue weighted by Gasteiger charge is 2.21. The number of carbonyl (C=O) groups is 1. The number of unbranched alkanes of at least 4 members (excludes halogenated alkanes) is 2. The Bertz CT molecular complexity index is 209. The lowest BCUT2D eigenvalue weighted by Gasteiger charge is -2.26. The molecule has 0 aliphatic heterocycles. The zero-order valence-electron chi connectivity index (χ0n) is 9.95. The molecule has 0 aromatic heterocycles. The van der Waals surface area contributed by atoms with E-state index in [1.807, 2.05) is 0 Å². The lowest BCUT2D eigenvalue weighted by Crippen LogP contribution is -2.39. The van der Waals surface area contributed by atoms with Gasteiger partial charge >= 0.3 is 0 Å². The van der Waals surface area contributed by atoms with Crippen molar-refractivity contribution in [3.63, 3.8) is 0 Å². The third kappa shape index (κ3) is 5.47. The number of amides is 1. The first-order chi connectivity index (χ1) is 7.72. The lowest BCUT2D eigenvalue weighted by atomic mass is 9.93. The fraction of sp³-hybridized carbons (Fsp3) is 0.917. The number of nitrogens with two attached hydrogens (primary N) is 1. The van der Waals surface area contributed by atoms with Crippen molar-refractivity contribution in [2.24, 2.45) is 5.73 Å². The molecule has 94 valence electrons. The van der Waals surface area contributed by atoms with Crippen molar-refractivity contribution < 1.29 is 9.90 Å². The molecule has 1 fully saturated rings. The van der Waals surface area contributed by atoms with Crippen LogP contribution in [0.25, 0.3) is 0 Å². The van der Waals surface area contributed by atoms with Crippen LogP contribution in [0, 0.1) is 0 Å². The van der Waals surface area contributed by atoms with E-state index >= 15 is 0 Å². The predicted molar refractivity (Wildman–Crippen MR) is 63.9 cm³/mol. The second-order valence-electron chi connectivity index (χ2n) is 4.68. The topological polar surface area (TPSA) is 75.4 Å². The largest absolute Gasteiger partial charge is 0.393 e. The highest BCUT2D eigenvalue weighted by molar-refractivity contribution is 5.76. The first-order valence-corrected chi connectivity index (χ1v) is 6.40. The summed E-state index contributed by atoms with van der Waals surface area (Å²) in [5.41, 5.74) is 5.38. The van der Waals surface area contributed by atoms with E-state index in [1.165, 1.54) is 0 Å². The molecule has 0 radical (unpaired) electrons. The summed E-state index contributed by atoms with van der Waals surface area (Å²) in [5.74, 6) is 0.121. The zero-order valence-corrected chi connectivity index (χ0v) is 9.95. The second-order valence-corrected chi connectivity index (χ2v) is 4.68. The van der Waals surface area contributed by atoms with Crippen molar-refractivity contribution in [1.29, 1.82) is 0 Å². The average Bonchev–Trinajstić information content (AvgIpc) is 2.24. The Hall–Kier alpha value is -0.610. The predicted octanol–water partition coefficient (Wildman–Crippen LogP) is 0.925. The van der Waals surface area contributed by atoms with Crippen LogP contribution in [0.15, 0.2) is 0 Å². The van der Waals surface area contributed by atoms with Crippen molar-refractivity contribution in [2.45, 2.75) is 63.5 Å². The van der Waals surface area contributed by atoms with E-state index in [1.54, 1.807) is 0 Å². The molecule has 0 aromatic rings. The molecule has 0 bridgehead atoms. The fourth-order valence-electron chi connectivity index (χ4n) is 2.20. The molecule has 4 nitrogen and oxygen atoms in total. The Morgan fingerprint density at radius 3 is 2.81 bits per heavy atom. The summed E-state index contributed by atoms with van der Waals surface area (Å²) in [7, 11) is 0. The molecule has 4 heteroatoms. The fourth-order valence-corrected chi connectivity index (χ4v) is 2.20. The van der Waals surface area contributed by atoms with E-state index in [2.05, 4.69) is 5.32 Å². The van der Waals surface area contributed by atoms with Gasteiger partial charge in [0.15, 0.2) is 0 Å². The summed E-state index contributed by atoms with van der Waals surface area (Å²) in [6.45, 7) is 0.705. The first kappa shape index (κ1) is 13.5. The van der Waals surface area contributed by atoms with Gasteiger partial charge in [-0.2, -0.15) is 0 Å². The minimum Gasteiger partial charge on any atom is -0.393 e. The zero-order chi connectivity index (χ0) is 11.8. The monoisotopic (exact) mass is 228 g/mol. The summed E-state index contributed by atoms with van der Waals surface area (Å²) in [6, 6.07) is 0.186. The van der Waals surface area contributed by atoms with Gasteiger partial charge in [0.2, 0.25) is 5.91 Å². The molecule has 4 N–H and O–H groups in total. The van der Waals surface area contributed by atoms with Crippen LogP contribution >= 0.6 is 0 Å². The van der Waals surface area contributed by atoms with E-state index in [4.69, 9.17) is 5.73 Å². The molecule has 2 unspecified atom stereocenters. The van der Waals surface area contributed by atoms with Crippen molar-refractivity contribution in [3.8, 4) is 0 Å². The van der Waals surface area contributed by atoms with Gasteiger partial charge in [0.25, 0.3) is 0 Å². The quantitative estimate of drug-likeness (QED) is 0.592. The minimum atomic E-state index is -0.226. The van der Waals surface area contributed by atoms with Crippen molar-refractivity contribution in [3.05, 3.63) is 0 Å². The van der Waals surface area contributed by atoms with Crippen LogP contribution in [0.4, 0.5) is 0 Å². The van der Waals surface area contributed by atoms with Crippen molar-refractivity contribution in [2.75, 3.05) is 6.54 Å². The first-order valence-electron chi connectivity index (χ1n) is 6.40. The third-order valence-corrected chi connectivity index (χ3v) is 3.12. The third-order valence-electron chi connectivity index (χ3n) is 3.12. The Morgan fingerprint density at radius 2 is 2.12 bits per heavy atom. The highest BCUT2D eigenvalue weighted by atomic mass is 16.3. The number of carbonyl (C=O) groups excluding carboxylic acids is 1. The maximum Gasteiger partial charge on any atom is 0.220 e. The van der Waals surface area contributed by atoms with Crippen LogP contribution in [-0.2, 0) is 4.79 Å². The molecule has 0 spiro atoms. The molecule has 1 amide bonds. The van der Waals surface area contributed by atoms with Crippen LogP contribution in [0.1, 0.15) is 51.4 Å². The van der Waals surface area contributed by atoms with Gasteiger partial charge in [-0.05, 0) is 45.1 Å². The van der Waals surface area contributed by atoms with Crippen LogP contribution in [0.5, 0.6) is 0 Å². The Kier molecular flexibility index (Phi) is 6.42. The molecule has 0 saturated heterocycles. The number of hydrogen-bond donors (Lipinski definition) is 3. The van der Waals surface area contributed by atoms with Gasteiger partial charge in [-0.3, -0.25) is 4.79 Å². The smallest absolute Gasteiger partial charge is 0.220 e.